The second-order valence-electron chi connectivity index (χ2n) is 4.98. The first-order chi connectivity index (χ1) is 9.00. The summed E-state index contributed by atoms with van der Waals surface area (Å²) in [7, 11) is 0. The van der Waals surface area contributed by atoms with E-state index in [1.807, 2.05) is 6.92 Å². The summed E-state index contributed by atoms with van der Waals surface area (Å²) >= 11 is 0. The minimum Gasteiger partial charge on any atom is -0.337 e. The SMILES string of the molecule is CC(C(=O)N1CCNC[C@@H]1C)c1ccc(F)c(F)c1. The molecule has 0 bridgehead atoms. The molecule has 1 aliphatic heterocycles. The molecule has 0 spiro atoms. The van der Waals surface area contributed by atoms with Crippen LogP contribution in [-0.4, -0.2) is 36.5 Å². The van der Waals surface area contributed by atoms with Crippen LogP contribution in [0.5, 0.6) is 0 Å². The number of halogens is 2. The quantitative estimate of drug-likeness (QED) is 0.888. The third kappa shape index (κ3) is 2.92. The minimum absolute atomic E-state index is 0.0417. The van der Waals surface area contributed by atoms with Gasteiger partial charge in [0.25, 0.3) is 0 Å². The van der Waals surface area contributed by atoms with E-state index in [1.54, 1.807) is 11.8 Å². The Labute approximate surface area is 111 Å². The van der Waals surface area contributed by atoms with Crippen molar-refractivity contribution in [3.8, 4) is 0 Å². The van der Waals surface area contributed by atoms with Crippen molar-refractivity contribution in [3.05, 3.63) is 35.4 Å². The van der Waals surface area contributed by atoms with Crippen LogP contribution in [0, 0.1) is 11.6 Å². The van der Waals surface area contributed by atoms with Gasteiger partial charge >= 0.3 is 0 Å². The molecule has 1 fully saturated rings. The molecule has 0 aromatic heterocycles. The fraction of sp³-hybridized carbons (Fsp3) is 0.500. The summed E-state index contributed by atoms with van der Waals surface area (Å²) < 4.78 is 26.1. The molecule has 1 saturated heterocycles. The van der Waals surface area contributed by atoms with Gasteiger partial charge in [-0.3, -0.25) is 4.79 Å². The van der Waals surface area contributed by atoms with Crippen LogP contribution in [0.3, 0.4) is 0 Å². The molecule has 1 aliphatic rings. The molecule has 1 N–H and O–H groups in total. The Morgan fingerprint density at radius 1 is 1.42 bits per heavy atom. The van der Waals surface area contributed by atoms with E-state index >= 15 is 0 Å². The molecule has 5 heteroatoms. The Balaban J connectivity index is 2.15. The van der Waals surface area contributed by atoms with Gasteiger partial charge in [0.2, 0.25) is 5.91 Å². The van der Waals surface area contributed by atoms with E-state index in [9.17, 15) is 13.6 Å². The molecule has 0 aliphatic carbocycles. The molecular weight excluding hydrogens is 250 g/mol. The summed E-state index contributed by atoms with van der Waals surface area (Å²) in [5.74, 6) is -2.31. The first-order valence-electron chi connectivity index (χ1n) is 6.47. The highest BCUT2D eigenvalue weighted by molar-refractivity contribution is 5.83. The van der Waals surface area contributed by atoms with Gasteiger partial charge in [0, 0.05) is 25.7 Å². The number of piperazine rings is 1. The van der Waals surface area contributed by atoms with Gasteiger partial charge in [-0.1, -0.05) is 6.07 Å². The molecule has 2 atom stereocenters. The van der Waals surface area contributed by atoms with E-state index in [-0.39, 0.29) is 11.9 Å². The molecule has 104 valence electrons. The smallest absolute Gasteiger partial charge is 0.230 e. The van der Waals surface area contributed by atoms with Crippen molar-refractivity contribution in [2.24, 2.45) is 0 Å². The van der Waals surface area contributed by atoms with Crippen LogP contribution < -0.4 is 5.32 Å². The number of carbonyl (C=O) groups excluding carboxylic acids is 1. The third-order valence-corrected chi connectivity index (χ3v) is 3.60. The minimum atomic E-state index is -0.912. The highest BCUT2D eigenvalue weighted by Crippen LogP contribution is 2.21. The number of nitrogens with one attached hydrogen (secondary N) is 1. The van der Waals surface area contributed by atoms with Crippen molar-refractivity contribution in [1.82, 2.24) is 10.2 Å². The molecule has 0 saturated carbocycles. The summed E-state index contributed by atoms with van der Waals surface area (Å²) in [6, 6.07) is 3.75. The van der Waals surface area contributed by atoms with E-state index in [1.165, 1.54) is 6.07 Å². The lowest BCUT2D eigenvalue weighted by Gasteiger charge is -2.35. The van der Waals surface area contributed by atoms with Gasteiger partial charge in [-0.05, 0) is 31.5 Å². The molecule has 1 unspecified atom stereocenters. The van der Waals surface area contributed by atoms with Crippen LogP contribution in [0.25, 0.3) is 0 Å². The molecule has 1 amide bonds. The molecule has 2 rings (SSSR count). The number of carbonyl (C=O) groups is 1. The number of rotatable bonds is 2. The van der Waals surface area contributed by atoms with E-state index in [0.717, 1.165) is 25.2 Å². The van der Waals surface area contributed by atoms with Crippen molar-refractivity contribution in [2.75, 3.05) is 19.6 Å². The Morgan fingerprint density at radius 3 is 2.79 bits per heavy atom. The largest absolute Gasteiger partial charge is 0.337 e. The number of benzene rings is 1. The van der Waals surface area contributed by atoms with Crippen molar-refractivity contribution in [2.45, 2.75) is 25.8 Å². The van der Waals surface area contributed by atoms with Gasteiger partial charge in [-0.15, -0.1) is 0 Å². The maximum absolute atomic E-state index is 13.2. The van der Waals surface area contributed by atoms with E-state index < -0.39 is 17.6 Å². The van der Waals surface area contributed by atoms with Crippen molar-refractivity contribution in [3.63, 3.8) is 0 Å². The van der Waals surface area contributed by atoms with E-state index in [2.05, 4.69) is 5.32 Å². The van der Waals surface area contributed by atoms with Crippen LogP contribution >= 0.6 is 0 Å². The van der Waals surface area contributed by atoms with Crippen LogP contribution in [0.1, 0.15) is 25.3 Å². The average molecular weight is 268 g/mol. The van der Waals surface area contributed by atoms with Crippen LogP contribution in [0.2, 0.25) is 0 Å². The Kier molecular flexibility index (Phi) is 4.14. The lowest BCUT2D eigenvalue weighted by molar-refractivity contribution is -0.135. The Bertz CT molecular complexity index is 479. The Hall–Kier alpha value is -1.49. The second-order valence-corrected chi connectivity index (χ2v) is 4.98. The van der Waals surface area contributed by atoms with Gasteiger partial charge in [0.1, 0.15) is 0 Å². The standard InChI is InChI=1S/C14H18F2N2O/c1-9-8-17-5-6-18(9)14(19)10(2)11-3-4-12(15)13(16)7-11/h3-4,7,9-10,17H,5-6,8H2,1-2H3/t9-,10?/m0/s1. The second kappa shape index (κ2) is 5.65. The lowest BCUT2D eigenvalue weighted by Crippen LogP contribution is -2.53. The summed E-state index contributed by atoms with van der Waals surface area (Å²) in [6.07, 6.45) is 0. The van der Waals surface area contributed by atoms with Crippen molar-refractivity contribution in [1.29, 1.82) is 0 Å². The monoisotopic (exact) mass is 268 g/mol. The summed E-state index contributed by atoms with van der Waals surface area (Å²) in [6.45, 7) is 5.87. The van der Waals surface area contributed by atoms with Gasteiger partial charge in [0.05, 0.1) is 5.92 Å². The normalized spacial score (nSPS) is 21.3. The zero-order valence-electron chi connectivity index (χ0n) is 11.1. The van der Waals surface area contributed by atoms with Crippen LogP contribution in [-0.2, 0) is 4.79 Å². The summed E-state index contributed by atoms with van der Waals surface area (Å²) in [5.41, 5.74) is 0.509. The number of nitrogens with zero attached hydrogens (tertiary/aromatic N) is 1. The average Bonchev–Trinajstić information content (AvgIpc) is 2.41. The highest BCUT2D eigenvalue weighted by Gasteiger charge is 2.27. The lowest BCUT2D eigenvalue weighted by atomic mass is 9.98. The molecular formula is C14H18F2N2O. The third-order valence-electron chi connectivity index (χ3n) is 3.60. The molecule has 0 radical (unpaired) electrons. The topological polar surface area (TPSA) is 32.3 Å². The predicted molar refractivity (Wildman–Crippen MR) is 68.8 cm³/mol. The highest BCUT2D eigenvalue weighted by atomic mass is 19.2. The van der Waals surface area contributed by atoms with Crippen molar-refractivity contribution >= 4 is 5.91 Å². The van der Waals surface area contributed by atoms with Crippen LogP contribution in [0.15, 0.2) is 18.2 Å². The van der Waals surface area contributed by atoms with Gasteiger partial charge < -0.3 is 10.2 Å². The fourth-order valence-corrected chi connectivity index (χ4v) is 2.34. The van der Waals surface area contributed by atoms with Gasteiger partial charge in [-0.25, -0.2) is 8.78 Å². The molecule has 19 heavy (non-hydrogen) atoms. The van der Waals surface area contributed by atoms with E-state index in [4.69, 9.17) is 0 Å². The Morgan fingerprint density at radius 2 is 2.16 bits per heavy atom. The molecule has 1 aromatic rings. The van der Waals surface area contributed by atoms with Crippen molar-refractivity contribution < 1.29 is 13.6 Å². The number of amides is 1. The molecule has 3 nitrogen and oxygen atoms in total. The molecule has 1 aromatic carbocycles. The van der Waals surface area contributed by atoms with Gasteiger partial charge in [0.15, 0.2) is 11.6 Å². The van der Waals surface area contributed by atoms with Gasteiger partial charge in [-0.2, -0.15) is 0 Å². The maximum atomic E-state index is 13.2. The fourth-order valence-electron chi connectivity index (χ4n) is 2.34. The summed E-state index contributed by atoms with van der Waals surface area (Å²) in [5, 5.41) is 3.21. The maximum Gasteiger partial charge on any atom is 0.230 e. The zero-order chi connectivity index (χ0) is 14.0. The zero-order valence-corrected chi connectivity index (χ0v) is 11.1. The molecule has 1 heterocycles. The van der Waals surface area contributed by atoms with Crippen LogP contribution in [0.4, 0.5) is 8.78 Å². The first-order valence-corrected chi connectivity index (χ1v) is 6.47. The van der Waals surface area contributed by atoms with E-state index in [0.29, 0.717) is 12.1 Å². The first kappa shape index (κ1) is 13.9. The summed E-state index contributed by atoms with van der Waals surface area (Å²) in [4.78, 5) is 14.2. The number of hydrogen-bond donors (Lipinski definition) is 1. The predicted octanol–water partition coefficient (Wildman–Crippen LogP) is 1.89. The number of hydrogen-bond acceptors (Lipinski definition) is 2.